The lowest BCUT2D eigenvalue weighted by Gasteiger charge is -2.15. The lowest BCUT2D eigenvalue weighted by molar-refractivity contribution is -0.00204. The topological polar surface area (TPSA) is 90.1 Å². The molecule has 1 fully saturated rings. The maximum atomic E-state index is 11.8. The molecule has 0 radical (unpaired) electrons. The molecule has 1 aromatic heterocycles. The van der Waals surface area contributed by atoms with Crippen molar-refractivity contribution in [2.75, 3.05) is 6.54 Å². The molecule has 0 spiro atoms. The summed E-state index contributed by atoms with van der Waals surface area (Å²) in [5, 5.41) is 0. The van der Waals surface area contributed by atoms with E-state index in [-0.39, 0.29) is 12.3 Å². The second kappa shape index (κ2) is 5.99. The molecular weight excluding hydrogens is 246 g/mol. The van der Waals surface area contributed by atoms with Crippen LogP contribution in [0.4, 0.5) is 0 Å². The first-order chi connectivity index (χ1) is 9.15. The van der Waals surface area contributed by atoms with E-state index < -0.39 is 11.2 Å². The fourth-order valence-electron chi connectivity index (χ4n) is 2.22. The fraction of sp³-hybridized carbons (Fsp3) is 0.538. The molecule has 1 aliphatic heterocycles. The van der Waals surface area contributed by atoms with Gasteiger partial charge >= 0.3 is 5.69 Å². The van der Waals surface area contributed by atoms with Gasteiger partial charge in [-0.25, -0.2) is 4.79 Å². The van der Waals surface area contributed by atoms with Crippen molar-refractivity contribution in [3.8, 4) is 0 Å². The normalized spacial score (nSPS) is 23.3. The maximum Gasteiger partial charge on any atom is 0.330 e. The minimum absolute atomic E-state index is 0.187. The van der Waals surface area contributed by atoms with Crippen LogP contribution in [0.3, 0.4) is 0 Å². The smallest absolute Gasteiger partial charge is 0.330 e. The Balaban J connectivity index is 2.33. The predicted octanol–water partition coefficient (Wildman–Crippen LogP) is 0.596. The first-order valence-electron chi connectivity index (χ1n) is 6.53. The van der Waals surface area contributed by atoms with E-state index in [2.05, 4.69) is 11.9 Å². The van der Waals surface area contributed by atoms with Crippen LogP contribution in [0.5, 0.6) is 0 Å². The maximum absolute atomic E-state index is 11.8. The van der Waals surface area contributed by atoms with Crippen molar-refractivity contribution >= 4 is 6.08 Å². The van der Waals surface area contributed by atoms with Crippen LogP contribution in [0.25, 0.3) is 6.08 Å². The molecule has 0 aromatic carbocycles. The fourth-order valence-corrected chi connectivity index (χ4v) is 2.22. The summed E-state index contributed by atoms with van der Waals surface area (Å²) in [5.41, 5.74) is 4.93. The summed E-state index contributed by atoms with van der Waals surface area (Å²) in [6.07, 6.45) is 7.35. The standard InChI is InChI=1S/C13H19N3O3/c1-2-10-5-6-11(19-10)16-8-9(4-3-7-14)12(17)15-13(16)18/h3-4,8,10-11H,2,5-7,14H2,1H3,(H,15,17,18)/b4-3+/t10-,11-/m1/s1. The summed E-state index contributed by atoms with van der Waals surface area (Å²) in [4.78, 5) is 25.8. The van der Waals surface area contributed by atoms with Crippen LogP contribution in [0.15, 0.2) is 21.9 Å². The van der Waals surface area contributed by atoms with Crippen LogP contribution in [0.2, 0.25) is 0 Å². The molecule has 2 heterocycles. The van der Waals surface area contributed by atoms with E-state index in [9.17, 15) is 9.59 Å². The highest BCUT2D eigenvalue weighted by Crippen LogP contribution is 2.28. The SMILES string of the molecule is CC[C@@H]1CC[C@H](n2cc(/C=C/CN)c(=O)[nH]c2=O)O1. The van der Waals surface area contributed by atoms with Gasteiger partial charge in [-0.3, -0.25) is 14.3 Å². The Kier molecular flexibility index (Phi) is 4.34. The minimum atomic E-state index is -0.434. The highest BCUT2D eigenvalue weighted by molar-refractivity contribution is 5.46. The number of hydrogen-bond acceptors (Lipinski definition) is 4. The van der Waals surface area contributed by atoms with Crippen LogP contribution >= 0.6 is 0 Å². The number of rotatable bonds is 4. The third-order valence-electron chi connectivity index (χ3n) is 3.28. The highest BCUT2D eigenvalue weighted by Gasteiger charge is 2.26. The van der Waals surface area contributed by atoms with E-state index >= 15 is 0 Å². The lowest BCUT2D eigenvalue weighted by Crippen LogP contribution is -2.33. The van der Waals surface area contributed by atoms with Crippen LogP contribution in [0.1, 0.15) is 38.0 Å². The molecule has 2 atom stereocenters. The number of hydrogen-bond donors (Lipinski definition) is 2. The van der Waals surface area contributed by atoms with Gasteiger partial charge in [0.05, 0.1) is 11.7 Å². The molecule has 1 aliphatic rings. The molecule has 1 aromatic rings. The molecule has 6 nitrogen and oxygen atoms in total. The van der Waals surface area contributed by atoms with Gasteiger partial charge in [0.2, 0.25) is 0 Å². The van der Waals surface area contributed by atoms with Crippen molar-refractivity contribution in [3.05, 3.63) is 38.7 Å². The molecule has 6 heteroatoms. The molecule has 0 unspecified atom stereocenters. The third-order valence-corrected chi connectivity index (χ3v) is 3.28. The Morgan fingerprint density at radius 3 is 2.95 bits per heavy atom. The lowest BCUT2D eigenvalue weighted by atomic mass is 10.2. The Hall–Kier alpha value is -1.66. The summed E-state index contributed by atoms with van der Waals surface area (Å²) in [6.45, 7) is 2.40. The quantitative estimate of drug-likeness (QED) is 0.834. The van der Waals surface area contributed by atoms with Crippen molar-refractivity contribution in [1.29, 1.82) is 0 Å². The van der Waals surface area contributed by atoms with Crippen LogP contribution in [0, 0.1) is 0 Å². The van der Waals surface area contributed by atoms with E-state index in [4.69, 9.17) is 10.5 Å². The summed E-state index contributed by atoms with van der Waals surface area (Å²) >= 11 is 0. The zero-order chi connectivity index (χ0) is 13.8. The second-order valence-electron chi connectivity index (χ2n) is 4.59. The molecule has 0 amide bonds. The monoisotopic (exact) mass is 265 g/mol. The molecule has 2 rings (SSSR count). The number of nitrogens with one attached hydrogen (secondary N) is 1. The summed E-state index contributed by atoms with van der Waals surface area (Å²) in [5.74, 6) is 0. The predicted molar refractivity (Wildman–Crippen MR) is 72.8 cm³/mol. The van der Waals surface area contributed by atoms with Crippen molar-refractivity contribution in [2.45, 2.75) is 38.5 Å². The second-order valence-corrected chi connectivity index (χ2v) is 4.59. The molecule has 0 aliphatic carbocycles. The molecule has 104 valence electrons. The molecule has 19 heavy (non-hydrogen) atoms. The van der Waals surface area contributed by atoms with Gasteiger partial charge in [-0.15, -0.1) is 0 Å². The number of nitrogens with zero attached hydrogens (tertiary/aromatic N) is 1. The van der Waals surface area contributed by atoms with Crippen molar-refractivity contribution in [1.82, 2.24) is 9.55 Å². The molecule has 0 bridgehead atoms. The number of aromatic amines is 1. The summed E-state index contributed by atoms with van der Waals surface area (Å²) < 4.78 is 7.22. The summed E-state index contributed by atoms with van der Waals surface area (Å²) in [6, 6.07) is 0. The van der Waals surface area contributed by atoms with Gasteiger partial charge in [0.15, 0.2) is 0 Å². The van der Waals surface area contributed by atoms with E-state index in [0.29, 0.717) is 12.1 Å². The van der Waals surface area contributed by atoms with Crippen LogP contribution < -0.4 is 17.0 Å². The van der Waals surface area contributed by atoms with E-state index in [1.807, 2.05) is 0 Å². The largest absolute Gasteiger partial charge is 0.355 e. The Bertz CT molecular complexity index is 573. The van der Waals surface area contributed by atoms with Gasteiger partial charge in [-0.05, 0) is 19.3 Å². The zero-order valence-electron chi connectivity index (χ0n) is 11.0. The van der Waals surface area contributed by atoms with E-state index in [0.717, 1.165) is 19.3 Å². The summed E-state index contributed by atoms with van der Waals surface area (Å²) in [7, 11) is 0. The number of ether oxygens (including phenoxy) is 1. The van der Waals surface area contributed by atoms with E-state index in [1.54, 1.807) is 12.2 Å². The van der Waals surface area contributed by atoms with Gasteiger partial charge in [0.1, 0.15) is 6.23 Å². The Morgan fingerprint density at radius 2 is 2.32 bits per heavy atom. The average Bonchev–Trinajstić information content (AvgIpc) is 2.86. The van der Waals surface area contributed by atoms with Crippen molar-refractivity contribution in [3.63, 3.8) is 0 Å². The van der Waals surface area contributed by atoms with Gasteiger partial charge < -0.3 is 10.5 Å². The van der Waals surface area contributed by atoms with Crippen LogP contribution in [-0.4, -0.2) is 22.2 Å². The molecule has 3 N–H and O–H groups in total. The highest BCUT2D eigenvalue weighted by atomic mass is 16.5. The van der Waals surface area contributed by atoms with Gasteiger partial charge in [-0.2, -0.15) is 0 Å². The van der Waals surface area contributed by atoms with Gasteiger partial charge in [0.25, 0.3) is 5.56 Å². The Labute approximate surface area is 110 Å². The average molecular weight is 265 g/mol. The number of H-pyrrole nitrogens is 1. The number of nitrogens with two attached hydrogens (primary N) is 1. The first kappa shape index (κ1) is 13.8. The molecular formula is C13H19N3O3. The third kappa shape index (κ3) is 3.02. The van der Waals surface area contributed by atoms with Crippen molar-refractivity contribution in [2.24, 2.45) is 5.73 Å². The van der Waals surface area contributed by atoms with Gasteiger partial charge in [-0.1, -0.05) is 19.1 Å². The molecule has 0 saturated carbocycles. The van der Waals surface area contributed by atoms with Crippen molar-refractivity contribution < 1.29 is 4.74 Å². The minimum Gasteiger partial charge on any atom is -0.355 e. The van der Waals surface area contributed by atoms with E-state index in [1.165, 1.54) is 10.8 Å². The van der Waals surface area contributed by atoms with Crippen LogP contribution in [-0.2, 0) is 4.74 Å². The Morgan fingerprint density at radius 1 is 1.53 bits per heavy atom. The first-order valence-corrected chi connectivity index (χ1v) is 6.53. The van der Waals surface area contributed by atoms with Gasteiger partial charge in [0, 0.05) is 12.7 Å². The zero-order valence-corrected chi connectivity index (χ0v) is 11.0. The number of aromatic nitrogens is 2. The molecule has 1 saturated heterocycles.